The van der Waals surface area contributed by atoms with E-state index in [0.717, 1.165) is 87.8 Å². The average molecular weight is 1040 g/mol. The number of nitrogen functional groups attached to an aromatic ring is 1. The zero-order valence-corrected chi connectivity index (χ0v) is 43.3. The van der Waals surface area contributed by atoms with Crippen LogP contribution in [0.2, 0.25) is 0 Å². The molecule has 19 nitrogen and oxygen atoms in total. The number of aromatic nitrogens is 2. The number of phosphoric ester groups is 2. The topological polar surface area (TPSA) is 283 Å². The van der Waals surface area contributed by atoms with Gasteiger partial charge in [0.15, 0.2) is 18.1 Å². The van der Waals surface area contributed by atoms with E-state index in [2.05, 4.69) is 59.6 Å². The van der Waals surface area contributed by atoms with Crippen LogP contribution in [0.3, 0.4) is 0 Å². The van der Waals surface area contributed by atoms with E-state index in [1.165, 1.54) is 25.3 Å². The molecule has 2 unspecified atom stereocenters. The van der Waals surface area contributed by atoms with Gasteiger partial charge < -0.3 is 39.9 Å². The minimum Gasteiger partial charge on any atom is -0.462 e. The van der Waals surface area contributed by atoms with Gasteiger partial charge in [0, 0.05) is 25.5 Å². The van der Waals surface area contributed by atoms with Gasteiger partial charge in [0.1, 0.15) is 30.7 Å². The third-order valence-corrected chi connectivity index (χ3v) is 13.3. The Labute approximate surface area is 419 Å². The standard InChI is InChI=1S/C50H79N3O16P2/c1-3-5-7-8-9-10-11-12-13-14-15-16-17-20-24-27-31-35-46(56)67-42(38-64-45(55)34-30-26-23-21-18-19-22-25-29-33-41(54)32-28-6-4-2)39-65-70(60,61)69-71(62,63)66-40-43-47(57)48(58)49(68-43)53-37-36-44(51)52-50(53)59/h9-10,12-13,15-16,20,22,24-25,29,33,36-37,42-43,47-49,57-58H,3-8,11,14,17-19,21,23,26-28,30-32,34-35,38-40H2,1-2H3,(H,60,61)(H,62,63)(H2,51,52,59)/b10-9-,13-12-,16-15-,24-20-,25-22-,33-29+/t42-,43-,47-,48-,49-/m1/s1. The van der Waals surface area contributed by atoms with E-state index >= 15 is 0 Å². The van der Waals surface area contributed by atoms with Crippen LogP contribution in [0.25, 0.3) is 0 Å². The van der Waals surface area contributed by atoms with Crippen LogP contribution < -0.4 is 11.4 Å². The van der Waals surface area contributed by atoms with Crippen molar-refractivity contribution in [3.05, 3.63) is 95.7 Å². The highest BCUT2D eigenvalue weighted by Crippen LogP contribution is 2.60. The van der Waals surface area contributed by atoms with Crippen molar-refractivity contribution in [3.63, 3.8) is 0 Å². The molecule has 0 amide bonds. The molecule has 1 aliphatic rings. The van der Waals surface area contributed by atoms with Gasteiger partial charge in [-0.3, -0.25) is 28.0 Å². The van der Waals surface area contributed by atoms with Gasteiger partial charge in [-0.05, 0) is 82.8 Å². The van der Waals surface area contributed by atoms with E-state index in [4.69, 9.17) is 29.0 Å². The summed E-state index contributed by atoms with van der Waals surface area (Å²) in [4.78, 5) is 73.6. The molecule has 2 rings (SSSR count). The zero-order valence-electron chi connectivity index (χ0n) is 41.5. The molecule has 1 aromatic rings. The predicted molar refractivity (Wildman–Crippen MR) is 270 cm³/mol. The molecule has 400 valence electrons. The third kappa shape index (κ3) is 30.5. The van der Waals surface area contributed by atoms with Crippen molar-refractivity contribution in [3.8, 4) is 0 Å². The second-order valence-corrected chi connectivity index (χ2v) is 20.0. The smallest absolute Gasteiger partial charge is 0.462 e. The molecule has 1 saturated heterocycles. The predicted octanol–water partition coefficient (Wildman–Crippen LogP) is 9.29. The third-order valence-electron chi connectivity index (χ3n) is 10.7. The highest BCUT2D eigenvalue weighted by molar-refractivity contribution is 7.61. The van der Waals surface area contributed by atoms with Crippen molar-refractivity contribution in [2.45, 2.75) is 179 Å². The van der Waals surface area contributed by atoms with Crippen LogP contribution in [-0.4, -0.2) is 91.5 Å². The maximum absolute atomic E-state index is 12.8. The number of ether oxygens (including phenoxy) is 3. The Kier molecular flexibility index (Phi) is 33.3. The van der Waals surface area contributed by atoms with Gasteiger partial charge in [-0.25, -0.2) is 13.9 Å². The number of ketones is 1. The van der Waals surface area contributed by atoms with Gasteiger partial charge in [0.05, 0.1) is 13.2 Å². The zero-order chi connectivity index (χ0) is 52.2. The lowest BCUT2D eigenvalue weighted by molar-refractivity contribution is -0.161. The number of rotatable bonds is 40. The molecule has 1 fully saturated rings. The summed E-state index contributed by atoms with van der Waals surface area (Å²) in [6.07, 6.45) is 34.0. The largest absolute Gasteiger partial charge is 0.481 e. The lowest BCUT2D eigenvalue weighted by Crippen LogP contribution is -2.36. The molecule has 2 heterocycles. The van der Waals surface area contributed by atoms with Crippen molar-refractivity contribution in [2.75, 3.05) is 25.6 Å². The van der Waals surface area contributed by atoms with Crippen molar-refractivity contribution < 1.29 is 71.1 Å². The summed E-state index contributed by atoms with van der Waals surface area (Å²) in [6, 6.07) is 1.24. The first-order valence-electron chi connectivity index (χ1n) is 24.9. The Morgan fingerprint density at radius 3 is 1.96 bits per heavy atom. The second kappa shape index (κ2) is 37.6. The molecule has 0 bridgehead atoms. The number of hydrogen-bond donors (Lipinski definition) is 5. The molecular weight excluding hydrogens is 961 g/mol. The van der Waals surface area contributed by atoms with Crippen LogP contribution in [0.4, 0.5) is 5.82 Å². The van der Waals surface area contributed by atoms with Crippen molar-refractivity contribution in [2.24, 2.45) is 0 Å². The first-order chi connectivity index (χ1) is 34.1. The summed E-state index contributed by atoms with van der Waals surface area (Å²) in [7, 11) is -10.9. The molecular formula is C50H79N3O16P2. The van der Waals surface area contributed by atoms with Gasteiger partial charge >= 0.3 is 33.3 Å². The Hall–Kier alpha value is -4.13. The number of allylic oxidation sites excluding steroid dienone is 12. The Morgan fingerprint density at radius 1 is 0.718 bits per heavy atom. The first-order valence-corrected chi connectivity index (χ1v) is 27.9. The lowest BCUT2D eigenvalue weighted by atomic mass is 10.1. The summed E-state index contributed by atoms with van der Waals surface area (Å²) in [6.45, 7) is 1.87. The highest BCUT2D eigenvalue weighted by atomic mass is 31.3. The fourth-order valence-corrected chi connectivity index (χ4v) is 8.93. The number of unbranched alkanes of at least 4 members (excludes halogenated alkanes) is 11. The van der Waals surface area contributed by atoms with E-state index in [0.29, 0.717) is 25.7 Å². The Bertz CT molecular complexity index is 2040. The number of hydrogen-bond acceptors (Lipinski definition) is 16. The van der Waals surface area contributed by atoms with Gasteiger partial charge in [-0.2, -0.15) is 9.29 Å². The van der Waals surface area contributed by atoms with Crippen LogP contribution in [-0.2, 0) is 51.1 Å². The van der Waals surface area contributed by atoms with Crippen LogP contribution in [0.5, 0.6) is 0 Å². The van der Waals surface area contributed by atoms with E-state index in [9.17, 15) is 48.3 Å². The van der Waals surface area contributed by atoms with E-state index in [1.807, 2.05) is 24.3 Å². The number of nitrogens with two attached hydrogens (primary N) is 1. The maximum atomic E-state index is 12.8. The maximum Gasteiger partial charge on any atom is 0.481 e. The number of anilines is 1. The quantitative estimate of drug-likeness (QED) is 0.0102. The van der Waals surface area contributed by atoms with E-state index in [1.54, 1.807) is 12.2 Å². The SMILES string of the molecule is CCCCC/C=C\C/C=C\C/C=C\C/C=C\CCCC(=O)O[C@H](COC(=O)CCCCCCC/C=C\C=C\C(=O)CCCCC)COP(=O)(O)OP(=O)(O)OC[C@H]1O[C@@H](n2ccc(N)nc2=O)[C@H](O)[C@@H]1O. The lowest BCUT2D eigenvalue weighted by Gasteiger charge is -2.21. The molecule has 0 radical (unpaired) electrons. The van der Waals surface area contributed by atoms with Crippen LogP contribution >= 0.6 is 15.6 Å². The molecule has 1 aliphatic heterocycles. The van der Waals surface area contributed by atoms with Gasteiger partial charge in [-0.1, -0.05) is 126 Å². The minimum atomic E-state index is -5.45. The highest BCUT2D eigenvalue weighted by Gasteiger charge is 2.46. The summed E-state index contributed by atoms with van der Waals surface area (Å²) in [5.41, 5.74) is 4.57. The summed E-state index contributed by atoms with van der Waals surface area (Å²) in [5.74, 6) is -1.31. The fraction of sp³-hybridized carbons (Fsp3) is 0.620. The molecule has 0 aliphatic carbocycles. The first kappa shape index (κ1) is 63.0. The fourth-order valence-electron chi connectivity index (χ4n) is 6.82. The summed E-state index contributed by atoms with van der Waals surface area (Å²) in [5, 5.41) is 20.9. The van der Waals surface area contributed by atoms with Crippen LogP contribution in [0, 0.1) is 0 Å². The normalized spacial score (nSPS) is 19.7. The monoisotopic (exact) mass is 1040 g/mol. The number of nitrogens with zero attached hydrogens (tertiary/aromatic N) is 2. The van der Waals surface area contributed by atoms with Crippen molar-refractivity contribution in [1.29, 1.82) is 0 Å². The molecule has 0 aromatic carbocycles. The van der Waals surface area contributed by atoms with E-state index < -0.39 is 83.7 Å². The van der Waals surface area contributed by atoms with Gasteiger partial charge in [0.25, 0.3) is 0 Å². The van der Waals surface area contributed by atoms with Crippen LogP contribution in [0.15, 0.2) is 90.0 Å². The number of carbonyl (C=O) groups excluding carboxylic acids is 3. The number of aliphatic hydroxyl groups excluding tert-OH is 2. The number of aliphatic hydroxyl groups is 2. The van der Waals surface area contributed by atoms with Gasteiger partial charge in [0.2, 0.25) is 0 Å². The second-order valence-electron chi connectivity index (χ2n) is 17.0. The van der Waals surface area contributed by atoms with Crippen molar-refractivity contribution in [1.82, 2.24) is 9.55 Å². The molecule has 71 heavy (non-hydrogen) atoms. The molecule has 7 atom stereocenters. The molecule has 21 heteroatoms. The average Bonchev–Trinajstić information content (AvgIpc) is 3.60. The molecule has 0 saturated carbocycles. The van der Waals surface area contributed by atoms with Crippen LogP contribution in [0.1, 0.15) is 155 Å². The Morgan fingerprint density at radius 2 is 1.28 bits per heavy atom. The van der Waals surface area contributed by atoms with Crippen molar-refractivity contribution >= 4 is 39.2 Å². The summed E-state index contributed by atoms with van der Waals surface area (Å²) >= 11 is 0. The van der Waals surface area contributed by atoms with E-state index in [-0.39, 0.29) is 24.4 Å². The number of phosphoric acid groups is 2. The minimum absolute atomic E-state index is 0.0468. The molecule has 0 spiro atoms. The Balaban J connectivity index is 1.86. The molecule has 1 aromatic heterocycles. The number of esters is 2. The number of carbonyl (C=O) groups is 3. The summed E-state index contributed by atoms with van der Waals surface area (Å²) < 4.78 is 56.6. The molecule has 6 N–H and O–H groups in total. The van der Waals surface area contributed by atoms with Gasteiger partial charge in [-0.15, -0.1) is 0 Å².